The predicted octanol–water partition coefficient (Wildman–Crippen LogP) is 1.72. The van der Waals surface area contributed by atoms with Gasteiger partial charge < -0.3 is 5.73 Å². The van der Waals surface area contributed by atoms with Gasteiger partial charge in [0.2, 0.25) is 10.0 Å². The van der Waals surface area contributed by atoms with E-state index >= 15 is 0 Å². The molecular formula is C11H16N2O2S2. The number of anilines is 1. The molecule has 0 radical (unpaired) electrons. The first-order valence-corrected chi connectivity index (χ1v) is 7.27. The van der Waals surface area contributed by atoms with Crippen LogP contribution in [0.25, 0.3) is 0 Å². The van der Waals surface area contributed by atoms with Gasteiger partial charge in [-0.2, -0.15) is 0 Å². The summed E-state index contributed by atoms with van der Waals surface area (Å²) >= 11 is 4.87. The SMILES string of the molecule is CC(C)CS(=O)(=O)Nc1ccccc1C(N)=S. The van der Waals surface area contributed by atoms with E-state index in [0.717, 1.165) is 0 Å². The molecule has 1 rings (SSSR count). The minimum Gasteiger partial charge on any atom is -0.389 e. The van der Waals surface area contributed by atoms with E-state index in [0.29, 0.717) is 11.3 Å². The number of para-hydroxylation sites is 1. The lowest BCUT2D eigenvalue weighted by atomic mass is 10.2. The third kappa shape index (κ3) is 4.32. The number of hydrogen-bond acceptors (Lipinski definition) is 3. The molecular weight excluding hydrogens is 256 g/mol. The Morgan fingerprint density at radius 1 is 1.41 bits per heavy atom. The minimum absolute atomic E-state index is 0.0597. The van der Waals surface area contributed by atoms with Crippen molar-refractivity contribution in [3.63, 3.8) is 0 Å². The van der Waals surface area contributed by atoms with Crippen molar-refractivity contribution in [3.05, 3.63) is 29.8 Å². The highest BCUT2D eigenvalue weighted by Crippen LogP contribution is 2.17. The second-order valence-corrected chi connectivity index (χ2v) is 6.39. The van der Waals surface area contributed by atoms with Crippen molar-refractivity contribution in [2.24, 2.45) is 11.7 Å². The lowest BCUT2D eigenvalue weighted by Crippen LogP contribution is -2.22. The highest BCUT2D eigenvalue weighted by Gasteiger charge is 2.15. The van der Waals surface area contributed by atoms with E-state index in [1.165, 1.54) is 0 Å². The molecule has 0 unspecified atom stereocenters. The molecule has 0 heterocycles. The highest BCUT2D eigenvalue weighted by molar-refractivity contribution is 7.92. The zero-order valence-electron chi connectivity index (χ0n) is 9.80. The summed E-state index contributed by atoms with van der Waals surface area (Å²) in [6, 6.07) is 6.83. The first-order chi connectivity index (χ1) is 7.82. The fraction of sp³-hybridized carbons (Fsp3) is 0.364. The monoisotopic (exact) mass is 272 g/mol. The summed E-state index contributed by atoms with van der Waals surface area (Å²) in [5.41, 5.74) is 6.50. The largest absolute Gasteiger partial charge is 0.389 e. The number of nitrogens with two attached hydrogens (primary N) is 1. The number of thiocarbonyl (C=S) groups is 1. The van der Waals surface area contributed by atoms with Crippen molar-refractivity contribution in [2.45, 2.75) is 13.8 Å². The summed E-state index contributed by atoms with van der Waals surface area (Å²) in [4.78, 5) is 0.174. The van der Waals surface area contributed by atoms with E-state index < -0.39 is 10.0 Å². The van der Waals surface area contributed by atoms with E-state index in [-0.39, 0.29) is 16.7 Å². The smallest absolute Gasteiger partial charge is 0.232 e. The quantitative estimate of drug-likeness (QED) is 0.801. The van der Waals surface area contributed by atoms with Crippen molar-refractivity contribution in [3.8, 4) is 0 Å². The predicted molar refractivity (Wildman–Crippen MR) is 74.6 cm³/mol. The molecule has 0 aromatic heterocycles. The Hall–Kier alpha value is -1.14. The van der Waals surface area contributed by atoms with Crippen LogP contribution < -0.4 is 10.5 Å². The Bertz CT molecular complexity index is 510. The van der Waals surface area contributed by atoms with Crippen LogP contribution in [0.4, 0.5) is 5.69 Å². The molecule has 17 heavy (non-hydrogen) atoms. The van der Waals surface area contributed by atoms with E-state index in [1.54, 1.807) is 24.3 Å². The van der Waals surface area contributed by atoms with Gasteiger partial charge in [0.05, 0.1) is 11.4 Å². The summed E-state index contributed by atoms with van der Waals surface area (Å²) in [6.07, 6.45) is 0. The molecule has 6 heteroatoms. The van der Waals surface area contributed by atoms with Gasteiger partial charge in [0, 0.05) is 5.56 Å². The number of benzene rings is 1. The Balaban J connectivity index is 3.00. The average molecular weight is 272 g/mol. The van der Waals surface area contributed by atoms with E-state index in [4.69, 9.17) is 18.0 Å². The molecule has 0 saturated carbocycles. The van der Waals surface area contributed by atoms with Crippen LogP contribution in [0.15, 0.2) is 24.3 Å². The van der Waals surface area contributed by atoms with Gasteiger partial charge in [0.15, 0.2) is 0 Å². The zero-order valence-corrected chi connectivity index (χ0v) is 11.4. The topological polar surface area (TPSA) is 72.2 Å². The summed E-state index contributed by atoms with van der Waals surface area (Å²) in [7, 11) is -3.36. The molecule has 0 bridgehead atoms. The normalized spacial score (nSPS) is 11.5. The van der Waals surface area contributed by atoms with Crippen LogP contribution in [-0.4, -0.2) is 19.2 Å². The number of hydrogen-bond donors (Lipinski definition) is 2. The summed E-state index contributed by atoms with van der Waals surface area (Å²) < 4.78 is 26.1. The number of sulfonamides is 1. The average Bonchev–Trinajstić information content (AvgIpc) is 2.14. The molecule has 1 aromatic rings. The maximum atomic E-state index is 11.8. The molecule has 3 N–H and O–H groups in total. The van der Waals surface area contributed by atoms with Crippen LogP contribution in [-0.2, 0) is 10.0 Å². The fourth-order valence-corrected chi connectivity index (χ4v) is 3.09. The fourth-order valence-electron chi connectivity index (χ4n) is 1.44. The second kappa shape index (κ2) is 5.46. The minimum atomic E-state index is -3.36. The van der Waals surface area contributed by atoms with Crippen LogP contribution >= 0.6 is 12.2 Å². The molecule has 4 nitrogen and oxygen atoms in total. The summed E-state index contributed by atoms with van der Waals surface area (Å²) in [5, 5.41) is 0. The van der Waals surface area contributed by atoms with Gasteiger partial charge in [-0.25, -0.2) is 8.42 Å². The lowest BCUT2D eigenvalue weighted by molar-refractivity contribution is 0.587. The van der Waals surface area contributed by atoms with E-state index in [9.17, 15) is 8.42 Å². The molecule has 0 aliphatic carbocycles. The Kier molecular flexibility index (Phi) is 4.47. The Labute approximate surface area is 107 Å². The Morgan fingerprint density at radius 2 is 2.00 bits per heavy atom. The maximum absolute atomic E-state index is 11.8. The molecule has 0 saturated heterocycles. The second-order valence-electron chi connectivity index (χ2n) is 4.19. The molecule has 94 valence electrons. The summed E-state index contributed by atoms with van der Waals surface area (Å²) in [5.74, 6) is 0.128. The number of rotatable bonds is 5. The van der Waals surface area contributed by atoms with Crippen LogP contribution in [0.3, 0.4) is 0 Å². The van der Waals surface area contributed by atoms with Gasteiger partial charge in [0.1, 0.15) is 4.99 Å². The molecule has 0 atom stereocenters. The van der Waals surface area contributed by atoms with Crippen molar-refractivity contribution >= 4 is 32.9 Å². The van der Waals surface area contributed by atoms with Gasteiger partial charge in [-0.3, -0.25) is 4.72 Å². The van der Waals surface area contributed by atoms with Gasteiger partial charge in [-0.05, 0) is 18.1 Å². The third-order valence-electron chi connectivity index (χ3n) is 2.01. The maximum Gasteiger partial charge on any atom is 0.232 e. The van der Waals surface area contributed by atoms with E-state index in [2.05, 4.69) is 4.72 Å². The van der Waals surface area contributed by atoms with Crippen molar-refractivity contribution in [1.82, 2.24) is 0 Å². The van der Waals surface area contributed by atoms with Crippen molar-refractivity contribution < 1.29 is 8.42 Å². The standard InChI is InChI=1S/C11H16N2O2S2/c1-8(2)7-17(14,15)13-10-6-4-3-5-9(10)11(12)16/h3-6,8,13H,7H2,1-2H3,(H2,12,16). The van der Waals surface area contributed by atoms with Crippen LogP contribution in [0.5, 0.6) is 0 Å². The van der Waals surface area contributed by atoms with Crippen molar-refractivity contribution in [1.29, 1.82) is 0 Å². The first-order valence-electron chi connectivity index (χ1n) is 5.21. The first kappa shape index (κ1) is 13.9. The lowest BCUT2D eigenvalue weighted by Gasteiger charge is -2.12. The van der Waals surface area contributed by atoms with Gasteiger partial charge in [0.25, 0.3) is 0 Å². The molecule has 0 amide bonds. The molecule has 0 aliphatic rings. The number of nitrogens with one attached hydrogen (secondary N) is 1. The molecule has 0 fully saturated rings. The molecule has 0 aliphatic heterocycles. The van der Waals surface area contributed by atoms with Gasteiger partial charge >= 0.3 is 0 Å². The van der Waals surface area contributed by atoms with Crippen molar-refractivity contribution in [2.75, 3.05) is 10.5 Å². The Morgan fingerprint density at radius 3 is 2.53 bits per heavy atom. The van der Waals surface area contributed by atoms with E-state index in [1.807, 2.05) is 13.8 Å². The van der Waals surface area contributed by atoms with Gasteiger partial charge in [-0.1, -0.05) is 38.2 Å². The van der Waals surface area contributed by atoms with Gasteiger partial charge in [-0.15, -0.1) is 0 Å². The molecule has 0 spiro atoms. The summed E-state index contributed by atoms with van der Waals surface area (Å²) in [6.45, 7) is 3.69. The molecule has 1 aromatic carbocycles. The highest BCUT2D eigenvalue weighted by atomic mass is 32.2. The van der Waals surface area contributed by atoms with Crippen LogP contribution in [0.2, 0.25) is 0 Å². The zero-order chi connectivity index (χ0) is 13.1. The third-order valence-corrected chi connectivity index (χ3v) is 3.87. The van der Waals surface area contributed by atoms with Crippen LogP contribution in [0, 0.1) is 5.92 Å². The van der Waals surface area contributed by atoms with Crippen LogP contribution in [0.1, 0.15) is 19.4 Å².